The first kappa shape index (κ1) is 10.3. The van der Waals surface area contributed by atoms with Crippen molar-refractivity contribution in [2.75, 3.05) is 11.5 Å². The molecule has 16 heavy (non-hydrogen) atoms. The minimum atomic E-state index is 0.745. The van der Waals surface area contributed by atoms with Gasteiger partial charge >= 0.3 is 0 Å². The smallest absolute Gasteiger partial charge is 0.0320 e. The van der Waals surface area contributed by atoms with Crippen LogP contribution in [0.4, 0.5) is 11.4 Å². The molecular weight excluding hydrogens is 196 g/mol. The lowest BCUT2D eigenvalue weighted by Gasteiger charge is -2.07. The van der Waals surface area contributed by atoms with Crippen LogP contribution in [0.25, 0.3) is 17.2 Å². The molecule has 0 radical (unpaired) electrons. The third kappa shape index (κ3) is 1.91. The molecule has 0 saturated carbocycles. The van der Waals surface area contributed by atoms with E-state index in [-0.39, 0.29) is 0 Å². The Morgan fingerprint density at radius 3 is 2.12 bits per heavy atom. The van der Waals surface area contributed by atoms with Crippen molar-refractivity contribution in [3.8, 4) is 11.1 Å². The summed E-state index contributed by atoms with van der Waals surface area (Å²) in [4.78, 5) is 0. The van der Waals surface area contributed by atoms with Gasteiger partial charge < -0.3 is 11.5 Å². The molecule has 2 rings (SSSR count). The van der Waals surface area contributed by atoms with E-state index in [4.69, 9.17) is 11.5 Å². The fourth-order valence-corrected chi connectivity index (χ4v) is 1.68. The summed E-state index contributed by atoms with van der Waals surface area (Å²) >= 11 is 0. The number of hydrogen-bond acceptors (Lipinski definition) is 2. The average Bonchev–Trinajstić information content (AvgIpc) is 2.30. The standard InChI is InChI=1S/C14H14N2/c1-2-10-9-13(16)7-8-14(10)11-3-5-12(15)6-4-11/h2-9H,1,15-16H2. The molecule has 0 atom stereocenters. The zero-order valence-corrected chi connectivity index (χ0v) is 8.98. The quantitative estimate of drug-likeness (QED) is 0.748. The Morgan fingerprint density at radius 2 is 1.50 bits per heavy atom. The molecule has 0 aliphatic carbocycles. The lowest BCUT2D eigenvalue weighted by atomic mass is 9.99. The van der Waals surface area contributed by atoms with Gasteiger partial charge in [0.25, 0.3) is 0 Å². The molecule has 0 aromatic heterocycles. The Hall–Kier alpha value is -2.22. The molecule has 0 spiro atoms. The first-order chi connectivity index (χ1) is 7.70. The van der Waals surface area contributed by atoms with Gasteiger partial charge in [-0.3, -0.25) is 0 Å². The molecule has 0 heterocycles. The molecule has 0 unspecified atom stereocenters. The zero-order valence-electron chi connectivity index (χ0n) is 8.98. The molecule has 0 saturated heterocycles. The average molecular weight is 210 g/mol. The Kier molecular flexibility index (Phi) is 2.64. The molecular formula is C14H14N2. The monoisotopic (exact) mass is 210 g/mol. The van der Waals surface area contributed by atoms with Gasteiger partial charge in [0.05, 0.1) is 0 Å². The Bertz CT molecular complexity index is 513. The van der Waals surface area contributed by atoms with Crippen molar-refractivity contribution < 1.29 is 0 Å². The van der Waals surface area contributed by atoms with Gasteiger partial charge in [0, 0.05) is 11.4 Å². The molecule has 2 heteroatoms. The SMILES string of the molecule is C=Cc1cc(N)ccc1-c1ccc(N)cc1. The van der Waals surface area contributed by atoms with Crippen LogP contribution in [0.1, 0.15) is 5.56 Å². The molecule has 2 aromatic carbocycles. The number of nitrogens with two attached hydrogens (primary N) is 2. The van der Waals surface area contributed by atoms with E-state index in [0.29, 0.717) is 0 Å². The van der Waals surface area contributed by atoms with E-state index in [1.54, 1.807) is 0 Å². The van der Waals surface area contributed by atoms with Gasteiger partial charge in [0.15, 0.2) is 0 Å². The van der Waals surface area contributed by atoms with Crippen molar-refractivity contribution in [2.24, 2.45) is 0 Å². The van der Waals surface area contributed by atoms with Gasteiger partial charge in [0.1, 0.15) is 0 Å². The van der Waals surface area contributed by atoms with E-state index in [2.05, 4.69) is 6.58 Å². The van der Waals surface area contributed by atoms with Crippen LogP contribution >= 0.6 is 0 Å². The summed E-state index contributed by atoms with van der Waals surface area (Å²) in [5.41, 5.74) is 16.2. The summed E-state index contributed by atoms with van der Waals surface area (Å²) in [5.74, 6) is 0. The van der Waals surface area contributed by atoms with Gasteiger partial charge in [-0.1, -0.05) is 30.9 Å². The summed E-state index contributed by atoms with van der Waals surface area (Å²) in [6.45, 7) is 3.80. The van der Waals surface area contributed by atoms with Crippen molar-refractivity contribution in [1.29, 1.82) is 0 Å². The van der Waals surface area contributed by atoms with Gasteiger partial charge in [-0.25, -0.2) is 0 Å². The number of benzene rings is 2. The van der Waals surface area contributed by atoms with E-state index in [1.807, 2.05) is 48.5 Å². The van der Waals surface area contributed by atoms with Crippen molar-refractivity contribution in [3.63, 3.8) is 0 Å². The first-order valence-corrected chi connectivity index (χ1v) is 5.08. The predicted octanol–water partition coefficient (Wildman–Crippen LogP) is 3.16. The third-order valence-electron chi connectivity index (χ3n) is 2.52. The second-order valence-electron chi connectivity index (χ2n) is 3.67. The molecule has 0 aliphatic rings. The predicted molar refractivity (Wildman–Crippen MR) is 70.8 cm³/mol. The van der Waals surface area contributed by atoms with E-state index >= 15 is 0 Å². The minimum absolute atomic E-state index is 0.745. The minimum Gasteiger partial charge on any atom is -0.399 e. The summed E-state index contributed by atoms with van der Waals surface area (Å²) in [7, 11) is 0. The van der Waals surface area contributed by atoms with Crippen LogP contribution in [0.3, 0.4) is 0 Å². The molecule has 0 bridgehead atoms. The summed E-state index contributed by atoms with van der Waals surface area (Å²) in [6, 6.07) is 13.6. The maximum absolute atomic E-state index is 5.74. The second-order valence-corrected chi connectivity index (χ2v) is 3.67. The van der Waals surface area contributed by atoms with Crippen molar-refractivity contribution >= 4 is 17.5 Å². The lowest BCUT2D eigenvalue weighted by Crippen LogP contribution is -1.89. The van der Waals surface area contributed by atoms with Gasteiger partial charge in [0.2, 0.25) is 0 Å². The van der Waals surface area contributed by atoms with Crippen LogP contribution < -0.4 is 11.5 Å². The van der Waals surface area contributed by atoms with Gasteiger partial charge in [-0.05, 0) is 41.0 Å². The van der Waals surface area contributed by atoms with Crippen LogP contribution in [0.5, 0.6) is 0 Å². The van der Waals surface area contributed by atoms with E-state index in [1.165, 1.54) is 0 Å². The van der Waals surface area contributed by atoms with E-state index in [0.717, 1.165) is 28.1 Å². The Balaban J connectivity index is 2.55. The fourth-order valence-electron chi connectivity index (χ4n) is 1.68. The number of hydrogen-bond donors (Lipinski definition) is 2. The highest BCUT2D eigenvalue weighted by atomic mass is 14.5. The molecule has 80 valence electrons. The van der Waals surface area contributed by atoms with Crippen LogP contribution in [-0.4, -0.2) is 0 Å². The summed E-state index contributed by atoms with van der Waals surface area (Å²) < 4.78 is 0. The largest absolute Gasteiger partial charge is 0.399 e. The molecule has 0 fully saturated rings. The normalized spacial score (nSPS) is 10.0. The van der Waals surface area contributed by atoms with Gasteiger partial charge in [-0.2, -0.15) is 0 Å². The first-order valence-electron chi connectivity index (χ1n) is 5.08. The van der Waals surface area contributed by atoms with E-state index in [9.17, 15) is 0 Å². The number of rotatable bonds is 2. The van der Waals surface area contributed by atoms with Crippen molar-refractivity contribution in [2.45, 2.75) is 0 Å². The van der Waals surface area contributed by atoms with Crippen LogP contribution in [0, 0.1) is 0 Å². The topological polar surface area (TPSA) is 52.0 Å². The highest BCUT2D eigenvalue weighted by Gasteiger charge is 2.02. The highest BCUT2D eigenvalue weighted by molar-refractivity contribution is 5.77. The van der Waals surface area contributed by atoms with Crippen molar-refractivity contribution in [1.82, 2.24) is 0 Å². The summed E-state index contributed by atoms with van der Waals surface area (Å²) in [5, 5.41) is 0. The molecule has 0 amide bonds. The van der Waals surface area contributed by atoms with Crippen LogP contribution in [0.15, 0.2) is 49.0 Å². The summed E-state index contributed by atoms with van der Waals surface area (Å²) in [6.07, 6.45) is 1.81. The Labute approximate surface area is 95.2 Å². The zero-order chi connectivity index (χ0) is 11.5. The highest BCUT2D eigenvalue weighted by Crippen LogP contribution is 2.27. The van der Waals surface area contributed by atoms with Crippen molar-refractivity contribution in [3.05, 3.63) is 54.6 Å². The van der Waals surface area contributed by atoms with Crippen LogP contribution in [-0.2, 0) is 0 Å². The number of anilines is 2. The maximum atomic E-state index is 5.74. The second kappa shape index (κ2) is 4.11. The molecule has 2 aromatic rings. The maximum Gasteiger partial charge on any atom is 0.0320 e. The molecule has 4 N–H and O–H groups in total. The molecule has 2 nitrogen and oxygen atoms in total. The molecule has 0 aliphatic heterocycles. The van der Waals surface area contributed by atoms with Crippen LogP contribution in [0.2, 0.25) is 0 Å². The Morgan fingerprint density at radius 1 is 0.875 bits per heavy atom. The third-order valence-corrected chi connectivity index (χ3v) is 2.52. The van der Waals surface area contributed by atoms with E-state index < -0.39 is 0 Å². The van der Waals surface area contributed by atoms with Gasteiger partial charge in [-0.15, -0.1) is 0 Å². The fraction of sp³-hybridized carbons (Fsp3) is 0. The number of nitrogen functional groups attached to an aromatic ring is 2. The lowest BCUT2D eigenvalue weighted by molar-refractivity contribution is 1.58.